The fraction of sp³-hybridized carbons (Fsp3) is 0.375. The standard InChI is InChI=1S/C24H28N2O4/c1-16(25-21(17(2)27)13-12-18-8-4-3-5-9-18)23(28)26-15-20-11-7-6-10-19(20)14-22(26)24(29)30/h3-11,16,21-22,25H,12-15H2,1-2H3,(H,29,30). The minimum absolute atomic E-state index is 0.0376. The topological polar surface area (TPSA) is 86.7 Å². The number of carboxylic acid groups (broad SMARTS) is 1. The normalized spacial score (nSPS) is 17.7. The Morgan fingerprint density at radius 3 is 2.33 bits per heavy atom. The van der Waals surface area contributed by atoms with Crippen LogP contribution in [0.4, 0.5) is 0 Å². The molecule has 2 aromatic carbocycles. The number of carboxylic acids is 1. The fourth-order valence-corrected chi connectivity index (χ4v) is 3.96. The maximum Gasteiger partial charge on any atom is 0.326 e. The number of Topliss-reactive ketones (excluding diaryl/α,β-unsaturated/α-hetero) is 1. The second kappa shape index (κ2) is 9.67. The van der Waals surface area contributed by atoms with Gasteiger partial charge in [-0.1, -0.05) is 54.6 Å². The van der Waals surface area contributed by atoms with Crippen LogP contribution in [0.25, 0.3) is 0 Å². The maximum atomic E-state index is 13.1. The fourth-order valence-electron chi connectivity index (χ4n) is 3.96. The summed E-state index contributed by atoms with van der Waals surface area (Å²) in [7, 11) is 0. The average Bonchev–Trinajstić information content (AvgIpc) is 2.75. The number of benzene rings is 2. The average molecular weight is 408 g/mol. The van der Waals surface area contributed by atoms with Gasteiger partial charge in [0.25, 0.3) is 0 Å². The van der Waals surface area contributed by atoms with Crippen molar-refractivity contribution < 1.29 is 19.5 Å². The van der Waals surface area contributed by atoms with Crippen molar-refractivity contribution in [3.63, 3.8) is 0 Å². The van der Waals surface area contributed by atoms with Gasteiger partial charge in [0.15, 0.2) is 0 Å². The van der Waals surface area contributed by atoms with Gasteiger partial charge in [-0.05, 0) is 43.4 Å². The molecule has 2 N–H and O–H groups in total. The van der Waals surface area contributed by atoms with Gasteiger partial charge in [0.2, 0.25) is 5.91 Å². The predicted octanol–water partition coefficient (Wildman–Crippen LogP) is 2.59. The lowest BCUT2D eigenvalue weighted by Gasteiger charge is -2.36. The van der Waals surface area contributed by atoms with E-state index in [4.69, 9.17) is 0 Å². The molecule has 0 saturated carbocycles. The molecule has 3 rings (SSSR count). The largest absolute Gasteiger partial charge is 0.480 e. The molecule has 30 heavy (non-hydrogen) atoms. The van der Waals surface area contributed by atoms with E-state index in [1.54, 1.807) is 6.92 Å². The van der Waals surface area contributed by atoms with Crippen LogP contribution < -0.4 is 5.32 Å². The molecule has 0 aliphatic carbocycles. The van der Waals surface area contributed by atoms with E-state index in [0.29, 0.717) is 12.8 Å². The quantitative estimate of drug-likeness (QED) is 0.701. The van der Waals surface area contributed by atoms with Gasteiger partial charge in [-0.15, -0.1) is 0 Å². The number of aliphatic carboxylic acids is 1. The van der Waals surface area contributed by atoms with Gasteiger partial charge in [0.1, 0.15) is 11.8 Å². The maximum absolute atomic E-state index is 13.1. The number of nitrogens with one attached hydrogen (secondary N) is 1. The molecule has 0 saturated heterocycles. The lowest BCUT2D eigenvalue weighted by atomic mass is 9.93. The van der Waals surface area contributed by atoms with Crippen LogP contribution in [-0.2, 0) is 33.8 Å². The lowest BCUT2D eigenvalue weighted by molar-refractivity contribution is -0.152. The van der Waals surface area contributed by atoms with Crippen LogP contribution in [0, 0.1) is 0 Å². The Kier molecular flexibility index (Phi) is 7.00. The molecule has 1 aliphatic rings. The number of aryl methyl sites for hydroxylation is 1. The van der Waals surface area contributed by atoms with Crippen molar-refractivity contribution in [3.8, 4) is 0 Å². The molecule has 1 heterocycles. The first-order valence-electron chi connectivity index (χ1n) is 10.3. The van der Waals surface area contributed by atoms with Crippen molar-refractivity contribution >= 4 is 17.7 Å². The van der Waals surface area contributed by atoms with E-state index in [2.05, 4.69) is 5.32 Å². The monoisotopic (exact) mass is 408 g/mol. The first-order valence-corrected chi connectivity index (χ1v) is 10.3. The zero-order valence-electron chi connectivity index (χ0n) is 17.4. The van der Waals surface area contributed by atoms with Crippen LogP contribution in [0.2, 0.25) is 0 Å². The second-order valence-electron chi connectivity index (χ2n) is 7.87. The third kappa shape index (κ3) is 5.13. The lowest BCUT2D eigenvalue weighted by Crippen LogP contribution is -2.56. The smallest absolute Gasteiger partial charge is 0.326 e. The van der Waals surface area contributed by atoms with Crippen LogP contribution in [-0.4, -0.2) is 45.8 Å². The number of hydrogen-bond acceptors (Lipinski definition) is 4. The van der Waals surface area contributed by atoms with Crippen molar-refractivity contribution in [2.24, 2.45) is 0 Å². The van der Waals surface area contributed by atoms with E-state index in [9.17, 15) is 19.5 Å². The van der Waals surface area contributed by atoms with E-state index >= 15 is 0 Å². The molecule has 0 aromatic heterocycles. The Labute approximate surface area is 176 Å². The molecule has 6 nitrogen and oxygen atoms in total. The Morgan fingerprint density at radius 1 is 1.07 bits per heavy atom. The SMILES string of the molecule is CC(=O)C(CCc1ccccc1)NC(C)C(=O)N1Cc2ccccc2CC1C(=O)O. The minimum Gasteiger partial charge on any atom is -0.480 e. The highest BCUT2D eigenvalue weighted by Crippen LogP contribution is 2.24. The molecular weight excluding hydrogens is 380 g/mol. The van der Waals surface area contributed by atoms with Gasteiger partial charge in [-0.2, -0.15) is 0 Å². The molecule has 0 fully saturated rings. The molecule has 158 valence electrons. The summed E-state index contributed by atoms with van der Waals surface area (Å²) in [6.07, 6.45) is 1.57. The van der Waals surface area contributed by atoms with E-state index in [1.807, 2.05) is 54.6 Å². The van der Waals surface area contributed by atoms with Gasteiger partial charge in [0.05, 0.1) is 12.1 Å². The van der Waals surface area contributed by atoms with Crippen molar-refractivity contribution in [1.82, 2.24) is 10.2 Å². The van der Waals surface area contributed by atoms with Crippen molar-refractivity contribution in [2.75, 3.05) is 0 Å². The van der Waals surface area contributed by atoms with E-state index in [-0.39, 0.29) is 24.7 Å². The summed E-state index contributed by atoms with van der Waals surface area (Å²) in [5.74, 6) is -1.36. The summed E-state index contributed by atoms with van der Waals surface area (Å²) in [6, 6.07) is 15.4. The third-order valence-electron chi connectivity index (χ3n) is 5.69. The highest BCUT2D eigenvalue weighted by Gasteiger charge is 2.36. The van der Waals surface area contributed by atoms with E-state index in [1.165, 1.54) is 11.8 Å². The number of ketones is 1. The number of nitrogens with zero attached hydrogens (tertiary/aromatic N) is 1. The Balaban J connectivity index is 1.69. The van der Waals surface area contributed by atoms with Crippen molar-refractivity contribution in [2.45, 2.75) is 57.8 Å². The van der Waals surface area contributed by atoms with E-state index in [0.717, 1.165) is 16.7 Å². The van der Waals surface area contributed by atoms with Gasteiger partial charge in [-0.3, -0.25) is 14.9 Å². The summed E-state index contributed by atoms with van der Waals surface area (Å²) in [5.41, 5.74) is 3.05. The first kappa shape index (κ1) is 21.7. The molecule has 3 atom stereocenters. The molecule has 1 amide bonds. The minimum atomic E-state index is -1.02. The summed E-state index contributed by atoms with van der Waals surface area (Å²) in [5, 5.41) is 12.8. The van der Waals surface area contributed by atoms with Crippen molar-refractivity contribution in [3.05, 3.63) is 71.3 Å². The zero-order valence-corrected chi connectivity index (χ0v) is 17.4. The molecule has 6 heteroatoms. The summed E-state index contributed by atoms with van der Waals surface area (Å²) in [4.78, 5) is 38.5. The van der Waals surface area contributed by atoms with Gasteiger partial charge < -0.3 is 10.0 Å². The summed E-state index contributed by atoms with van der Waals surface area (Å²) in [6.45, 7) is 3.46. The van der Waals surface area contributed by atoms with Gasteiger partial charge in [-0.25, -0.2) is 4.79 Å². The number of hydrogen-bond donors (Lipinski definition) is 2. The van der Waals surface area contributed by atoms with E-state index < -0.39 is 24.1 Å². The molecular formula is C24H28N2O4. The number of carbonyl (C=O) groups excluding carboxylic acids is 2. The Hall–Kier alpha value is -2.99. The molecule has 1 aliphatic heterocycles. The van der Waals surface area contributed by atoms with Crippen LogP contribution >= 0.6 is 0 Å². The van der Waals surface area contributed by atoms with Crippen LogP contribution in [0.5, 0.6) is 0 Å². The number of rotatable bonds is 8. The molecule has 3 unspecified atom stereocenters. The number of carbonyl (C=O) groups is 3. The zero-order chi connectivity index (χ0) is 21.7. The molecule has 0 bridgehead atoms. The number of amides is 1. The van der Waals surface area contributed by atoms with Crippen molar-refractivity contribution in [1.29, 1.82) is 0 Å². The van der Waals surface area contributed by atoms with Gasteiger partial charge in [0, 0.05) is 13.0 Å². The molecule has 0 radical (unpaired) electrons. The number of fused-ring (bicyclic) bond motifs is 1. The second-order valence-corrected chi connectivity index (χ2v) is 7.87. The van der Waals surface area contributed by atoms with Crippen LogP contribution in [0.3, 0.4) is 0 Å². The third-order valence-corrected chi connectivity index (χ3v) is 5.69. The van der Waals surface area contributed by atoms with Gasteiger partial charge >= 0.3 is 5.97 Å². The van der Waals surface area contributed by atoms with Crippen LogP contribution in [0.1, 0.15) is 37.0 Å². The Bertz CT molecular complexity index is 912. The highest BCUT2D eigenvalue weighted by atomic mass is 16.4. The Morgan fingerprint density at radius 2 is 1.70 bits per heavy atom. The summed E-state index contributed by atoms with van der Waals surface area (Å²) >= 11 is 0. The summed E-state index contributed by atoms with van der Waals surface area (Å²) < 4.78 is 0. The molecule has 2 aromatic rings. The van der Waals surface area contributed by atoms with Crippen LogP contribution in [0.15, 0.2) is 54.6 Å². The first-order chi connectivity index (χ1) is 14.4. The highest BCUT2D eigenvalue weighted by molar-refractivity contribution is 5.88. The molecule has 0 spiro atoms. The predicted molar refractivity (Wildman–Crippen MR) is 114 cm³/mol.